The molecule has 390 valence electrons. The Morgan fingerprint density at radius 3 is 0.896 bits per heavy atom. The number of carbonyl (C=O) groups is 3. The maximum absolute atomic E-state index is 12.8. The van der Waals surface area contributed by atoms with E-state index in [1.165, 1.54) is 180 Å². The molecule has 0 aromatic rings. The van der Waals surface area contributed by atoms with Crippen molar-refractivity contribution in [2.45, 2.75) is 309 Å². The van der Waals surface area contributed by atoms with Crippen LogP contribution in [0.25, 0.3) is 0 Å². The van der Waals surface area contributed by atoms with Crippen molar-refractivity contribution in [1.29, 1.82) is 0 Å². The molecule has 67 heavy (non-hydrogen) atoms. The van der Waals surface area contributed by atoms with Crippen molar-refractivity contribution in [2.75, 3.05) is 13.2 Å². The Morgan fingerprint density at radius 2 is 0.552 bits per heavy atom. The van der Waals surface area contributed by atoms with Crippen LogP contribution >= 0.6 is 0 Å². The van der Waals surface area contributed by atoms with E-state index < -0.39 is 6.10 Å². The van der Waals surface area contributed by atoms with E-state index in [9.17, 15) is 14.4 Å². The summed E-state index contributed by atoms with van der Waals surface area (Å²) in [6.45, 7) is 6.61. The van der Waals surface area contributed by atoms with E-state index in [4.69, 9.17) is 14.2 Å². The number of carbonyl (C=O) groups excluding carboxylic acids is 3. The number of allylic oxidation sites excluding steroid dienone is 8. The number of hydrogen-bond donors (Lipinski definition) is 0. The SMILES string of the molecule is CCCC/C=C\CCCCCCCC(=O)OCC(COC(=O)CCCCCCCC/C=C\C/C=C\C/C=C\CCCCCCC)OC(=O)CCCCCCCCCCCCCCCCCCC. The molecule has 0 heterocycles. The lowest BCUT2D eigenvalue weighted by Crippen LogP contribution is -2.30. The summed E-state index contributed by atoms with van der Waals surface area (Å²) >= 11 is 0. The van der Waals surface area contributed by atoms with Gasteiger partial charge in [0.25, 0.3) is 0 Å². The second kappa shape index (κ2) is 56.0. The monoisotopic (exact) mass is 939 g/mol. The van der Waals surface area contributed by atoms with E-state index in [1.54, 1.807) is 0 Å². The Balaban J connectivity index is 4.32. The molecule has 0 N–H and O–H groups in total. The third kappa shape index (κ3) is 54.2. The van der Waals surface area contributed by atoms with E-state index >= 15 is 0 Å². The molecule has 0 aliphatic carbocycles. The molecule has 0 saturated heterocycles. The van der Waals surface area contributed by atoms with Gasteiger partial charge in [-0.15, -0.1) is 0 Å². The van der Waals surface area contributed by atoms with Gasteiger partial charge < -0.3 is 14.2 Å². The zero-order valence-corrected chi connectivity index (χ0v) is 44.7. The molecule has 6 nitrogen and oxygen atoms in total. The van der Waals surface area contributed by atoms with Crippen LogP contribution in [0.2, 0.25) is 0 Å². The fraction of sp³-hybridized carbons (Fsp3) is 0.820. The second-order valence-electron chi connectivity index (χ2n) is 19.6. The largest absolute Gasteiger partial charge is 0.462 e. The molecule has 0 amide bonds. The molecular formula is C61H110O6. The fourth-order valence-corrected chi connectivity index (χ4v) is 8.37. The number of rotatable bonds is 53. The Kier molecular flexibility index (Phi) is 53.8. The van der Waals surface area contributed by atoms with E-state index in [2.05, 4.69) is 69.4 Å². The third-order valence-electron chi connectivity index (χ3n) is 12.8. The molecule has 0 aromatic heterocycles. The van der Waals surface area contributed by atoms with E-state index in [-0.39, 0.29) is 31.1 Å². The minimum Gasteiger partial charge on any atom is -0.462 e. The zero-order valence-electron chi connectivity index (χ0n) is 44.7. The van der Waals surface area contributed by atoms with Gasteiger partial charge in [-0.2, -0.15) is 0 Å². The molecule has 6 heteroatoms. The molecule has 0 spiro atoms. The van der Waals surface area contributed by atoms with Crippen molar-refractivity contribution in [2.24, 2.45) is 0 Å². The number of ether oxygens (including phenoxy) is 3. The summed E-state index contributed by atoms with van der Waals surface area (Å²) in [5.74, 6) is -0.886. The first-order chi connectivity index (χ1) is 33.0. The molecule has 0 aromatic carbocycles. The maximum Gasteiger partial charge on any atom is 0.306 e. The highest BCUT2D eigenvalue weighted by Crippen LogP contribution is 2.16. The second-order valence-corrected chi connectivity index (χ2v) is 19.6. The standard InChI is InChI=1S/C61H110O6/c1-4-7-10-13-16-19-22-24-26-28-29-30-31-33-34-36-39-42-45-48-51-54-60(63)66-57-58(56-65-59(62)53-50-47-44-41-38-21-18-15-12-9-6-3)67-61(64)55-52-49-46-43-40-37-35-32-27-25-23-20-17-14-11-8-5-2/h15,18,22,24,28-29,31,33,58H,4-14,16-17,19-21,23,25-27,30,32,34-57H2,1-3H3/b18-15-,24-22-,29-28-,33-31-. The average Bonchev–Trinajstić information content (AvgIpc) is 3.33. The molecule has 0 aliphatic rings. The smallest absolute Gasteiger partial charge is 0.306 e. The van der Waals surface area contributed by atoms with Gasteiger partial charge in [0.15, 0.2) is 6.10 Å². The molecule has 1 atom stereocenters. The van der Waals surface area contributed by atoms with E-state index in [1.807, 2.05) is 0 Å². The van der Waals surface area contributed by atoms with Gasteiger partial charge in [0.1, 0.15) is 13.2 Å². The Labute approximate surface area is 416 Å². The molecule has 0 fully saturated rings. The van der Waals surface area contributed by atoms with Crippen LogP contribution in [0.3, 0.4) is 0 Å². The highest BCUT2D eigenvalue weighted by atomic mass is 16.6. The summed E-state index contributed by atoms with van der Waals surface area (Å²) in [4.78, 5) is 38.1. The van der Waals surface area contributed by atoms with Gasteiger partial charge in [-0.1, -0.05) is 256 Å². The van der Waals surface area contributed by atoms with Crippen LogP contribution in [0.5, 0.6) is 0 Å². The van der Waals surface area contributed by atoms with Gasteiger partial charge in [0.2, 0.25) is 0 Å². The highest BCUT2D eigenvalue weighted by Gasteiger charge is 2.19. The number of hydrogen-bond acceptors (Lipinski definition) is 6. The van der Waals surface area contributed by atoms with Crippen molar-refractivity contribution in [3.8, 4) is 0 Å². The van der Waals surface area contributed by atoms with Gasteiger partial charge in [-0.05, 0) is 77.0 Å². The fourth-order valence-electron chi connectivity index (χ4n) is 8.37. The first-order valence-corrected chi connectivity index (χ1v) is 29.1. The van der Waals surface area contributed by atoms with Crippen molar-refractivity contribution in [3.63, 3.8) is 0 Å². The number of esters is 3. The summed E-state index contributed by atoms with van der Waals surface area (Å²) in [6, 6.07) is 0. The van der Waals surface area contributed by atoms with Crippen LogP contribution in [-0.2, 0) is 28.6 Å². The predicted molar refractivity (Wildman–Crippen MR) is 289 cm³/mol. The van der Waals surface area contributed by atoms with Crippen LogP contribution in [0.1, 0.15) is 303 Å². The van der Waals surface area contributed by atoms with Crippen molar-refractivity contribution >= 4 is 17.9 Å². The first kappa shape index (κ1) is 64.4. The van der Waals surface area contributed by atoms with Crippen LogP contribution in [0.4, 0.5) is 0 Å². The molecule has 0 radical (unpaired) electrons. The molecule has 0 bridgehead atoms. The van der Waals surface area contributed by atoms with Crippen molar-refractivity contribution in [1.82, 2.24) is 0 Å². The number of unbranched alkanes of at least 4 members (excludes halogenated alkanes) is 34. The average molecular weight is 940 g/mol. The highest BCUT2D eigenvalue weighted by molar-refractivity contribution is 5.71. The van der Waals surface area contributed by atoms with Gasteiger partial charge in [-0.3, -0.25) is 14.4 Å². The first-order valence-electron chi connectivity index (χ1n) is 29.1. The van der Waals surface area contributed by atoms with Gasteiger partial charge in [0, 0.05) is 19.3 Å². The zero-order chi connectivity index (χ0) is 48.6. The summed E-state index contributed by atoms with van der Waals surface area (Å²) in [5.41, 5.74) is 0. The maximum atomic E-state index is 12.8. The summed E-state index contributed by atoms with van der Waals surface area (Å²) in [5, 5.41) is 0. The van der Waals surface area contributed by atoms with Crippen LogP contribution in [0.15, 0.2) is 48.6 Å². The van der Waals surface area contributed by atoms with E-state index in [0.29, 0.717) is 19.3 Å². The van der Waals surface area contributed by atoms with Crippen molar-refractivity contribution in [3.05, 3.63) is 48.6 Å². The minimum atomic E-state index is -0.779. The molecular weight excluding hydrogens is 829 g/mol. The Bertz CT molecular complexity index is 1170. The quantitative estimate of drug-likeness (QED) is 0.0262. The lowest BCUT2D eigenvalue weighted by atomic mass is 10.0. The van der Waals surface area contributed by atoms with Crippen molar-refractivity contribution < 1.29 is 28.6 Å². The topological polar surface area (TPSA) is 78.9 Å². The Morgan fingerprint density at radius 1 is 0.299 bits per heavy atom. The lowest BCUT2D eigenvalue weighted by molar-refractivity contribution is -0.167. The Hall–Kier alpha value is -2.63. The van der Waals surface area contributed by atoms with Gasteiger partial charge in [-0.25, -0.2) is 0 Å². The summed E-state index contributed by atoms with van der Waals surface area (Å²) in [6.07, 6.45) is 68.2. The van der Waals surface area contributed by atoms with Crippen LogP contribution < -0.4 is 0 Å². The molecule has 0 aliphatic heterocycles. The predicted octanol–water partition coefficient (Wildman–Crippen LogP) is 19.4. The molecule has 0 saturated carbocycles. The summed E-state index contributed by atoms with van der Waals surface area (Å²) < 4.78 is 16.8. The lowest BCUT2D eigenvalue weighted by Gasteiger charge is -2.18. The van der Waals surface area contributed by atoms with Gasteiger partial charge in [0.05, 0.1) is 0 Å². The molecule has 1 unspecified atom stereocenters. The normalized spacial score (nSPS) is 12.3. The van der Waals surface area contributed by atoms with E-state index in [0.717, 1.165) is 83.5 Å². The molecule has 0 rings (SSSR count). The van der Waals surface area contributed by atoms with Crippen LogP contribution in [-0.4, -0.2) is 37.2 Å². The third-order valence-corrected chi connectivity index (χ3v) is 12.8. The van der Waals surface area contributed by atoms with Crippen LogP contribution in [0, 0.1) is 0 Å². The summed E-state index contributed by atoms with van der Waals surface area (Å²) in [7, 11) is 0. The van der Waals surface area contributed by atoms with Gasteiger partial charge >= 0.3 is 17.9 Å². The minimum absolute atomic E-state index is 0.0793.